The maximum atomic E-state index is 13.1. The molecule has 0 saturated heterocycles. The van der Waals surface area contributed by atoms with Crippen molar-refractivity contribution in [2.45, 2.75) is 64.5 Å². The van der Waals surface area contributed by atoms with Gasteiger partial charge in [0.2, 0.25) is 0 Å². The molecule has 0 saturated carbocycles. The van der Waals surface area contributed by atoms with Gasteiger partial charge < -0.3 is 10.1 Å². The van der Waals surface area contributed by atoms with Gasteiger partial charge in [0.25, 0.3) is 10.0 Å². The first-order valence-corrected chi connectivity index (χ1v) is 10.8. The Labute approximate surface area is 172 Å². The normalized spacial score (nSPS) is 13.0. The summed E-state index contributed by atoms with van der Waals surface area (Å²) in [5, 5.41) is 2.70. The number of carbonyl (C=O) groups excluding carboxylic acids is 1. The number of nitrogens with zero attached hydrogens (tertiary/aromatic N) is 2. The molecule has 1 atom stereocenters. The number of amides is 1. The number of ether oxygens (including phenoxy) is 1. The van der Waals surface area contributed by atoms with E-state index in [1.165, 1.54) is 12.5 Å². The van der Waals surface area contributed by atoms with Crippen molar-refractivity contribution in [2.75, 3.05) is 0 Å². The molecule has 0 aliphatic carbocycles. The highest BCUT2D eigenvalue weighted by Crippen LogP contribution is 2.24. The molecule has 0 aliphatic rings. The second-order valence-corrected chi connectivity index (χ2v) is 9.90. The molecule has 1 unspecified atom stereocenters. The van der Waals surface area contributed by atoms with Gasteiger partial charge in [0, 0.05) is 12.6 Å². The minimum atomic E-state index is -3.77. The molecule has 29 heavy (non-hydrogen) atoms. The summed E-state index contributed by atoms with van der Waals surface area (Å²) in [5.74, 6) is 0. The van der Waals surface area contributed by atoms with Crippen molar-refractivity contribution in [3.05, 3.63) is 59.7 Å². The smallest absolute Gasteiger partial charge is 0.408 e. The van der Waals surface area contributed by atoms with Crippen LogP contribution in [0.3, 0.4) is 0 Å². The molecule has 0 bridgehead atoms. The summed E-state index contributed by atoms with van der Waals surface area (Å²) in [7, 11) is -3.77. The average molecular weight is 420 g/mol. The summed E-state index contributed by atoms with van der Waals surface area (Å²) in [6.45, 7) is 14.5. The zero-order valence-electron chi connectivity index (χ0n) is 17.8. The second-order valence-electron chi connectivity index (χ2n) is 8.12. The Hall–Kier alpha value is -2.61. The van der Waals surface area contributed by atoms with E-state index in [1.54, 1.807) is 40.7 Å². The molecular weight excluding hydrogens is 390 g/mol. The zero-order valence-corrected chi connectivity index (χ0v) is 18.6. The molecule has 8 heteroatoms. The molecule has 2 rings (SSSR count). The third-order valence-corrected chi connectivity index (χ3v) is 6.08. The topological polar surface area (TPSA) is 90.3 Å². The Bertz CT molecular complexity index is 994. The number of benzene rings is 1. The van der Waals surface area contributed by atoms with Crippen LogP contribution < -0.4 is 5.32 Å². The zero-order chi connectivity index (χ0) is 22.0. The number of rotatable bonds is 6. The van der Waals surface area contributed by atoms with Gasteiger partial charge >= 0.3 is 6.09 Å². The van der Waals surface area contributed by atoms with Crippen LogP contribution in [0.1, 0.15) is 43.2 Å². The van der Waals surface area contributed by atoms with Gasteiger partial charge in [-0.25, -0.2) is 22.2 Å². The van der Waals surface area contributed by atoms with Gasteiger partial charge in [-0.2, -0.15) is 0 Å². The number of aromatic nitrogens is 2. The van der Waals surface area contributed by atoms with E-state index in [0.29, 0.717) is 16.8 Å². The Morgan fingerprint density at radius 1 is 1.28 bits per heavy atom. The van der Waals surface area contributed by atoms with E-state index in [0.717, 1.165) is 9.54 Å². The second kappa shape index (κ2) is 8.41. The Kier molecular flexibility index (Phi) is 6.57. The molecule has 7 nitrogen and oxygen atoms in total. The standard InChI is InChI=1S/C21H29N3O4S/c1-8-17(23-20(25)28-21(5,6)7)11-18-12-24(13-22-18)29(26,27)19-15(3)9-14(2)10-16(19)4/h8-10,12-13,17H,1,11H2,2-7H3,(H,23,25). The van der Waals surface area contributed by atoms with Crippen LogP contribution in [0, 0.1) is 20.8 Å². The van der Waals surface area contributed by atoms with Crippen LogP contribution in [0.5, 0.6) is 0 Å². The number of nitrogens with one attached hydrogen (secondary N) is 1. The Balaban J connectivity index is 2.22. The highest BCUT2D eigenvalue weighted by atomic mass is 32.2. The van der Waals surface area contributed by atoms with E-state index in [2.05, 4.69) is 16.9 Å². The number of imidazole rings is 1. The first-order chi connectivity index (χ1) is 13.3. The van der Waals surface area contributed by atoms with E-state index in [4.69, 9.17) is 4.74 Å². The van der Waals surface area contributed by atoms with Crippen molar-refractivity contribution in [1.29, 1.82) is 0 Å². The first-order valence-electron chi connectivity index (χ1n) is 9.32. The number of hydrogen-bond acceptors (Lipinski definition) is 5. The Morgan fingerprint density at radius 3 is 2.38 bits per heavy atom. The van der Waals surface area contributed by atoms with Gasteiger partial charge in [0.05, 0.1) is 16.6 Å². The van der Waals surface area contributed by atoms with E-state index in [1.807, 2.05) is 19.1 Å². The van der Waals surface area contributed by atoms with Crippen molar-refractivity contribution in [3.8, 4) is 0 Å². The molecule has 158 valence electrons. The fourth-order valence-corrected chi connectivity index (χ4v) is 4.71. The molecule has 0 radical (unpaired) electrons. The van der Waals surface area contributed by atoms with Crippen LogP contribution in [-0.2, 0) is 21.2 Å². The number of aryl methyl sites for hydroxylation is 3. The molecule has 0 spiro atoms. The van der Waals surface area contributed by atoms with Gasteiger partial charge in [-0.15, -0.1) is 6.58 Å². The van der Waals surface area contributed by atoms with Crippen LogP contribution in [0.15, 0.2) is 42.2 Å². The maximum Gasteiger partial charge on any atom is 0.408 e. The van der Waals surface area contributed by atoms with Crippen LogP contribution in [0.25, 0.3) is 0 Å². The summed E-state index contributed by atoms with van der Waals surface area (Å²) in [6, 6.07) is 3.24. The number of hydrogen-bond donors (Lipinski definition) is 1. The molecule has 2 aromatic rings. The first kappa shape index (κ1) is 22.7. The summed E-state index contributed by atoms with van der Waals surface area (Å²) < 4.78 is 32.6. The van der Waals surface area contributed by atoms with Gasteiger partial charge in [0.15, 0.2) is 0 Å². The molecule has 0 fully saturated rings. The summed E-state index contributed by atoms with van der Waals surface area (Å²) in [5.41, 5.74) is 2.28. The fraction of sp³-hybridized carbons (Fsp3) is 0.429. The van der Waals surface area contributed by atoms with Crippen molar-refractivity contribution < 1.29 is 17.9 Å². The lowest BCUT2D eigenvalue weighted by molar-refractivity contribution is 0.0514. The van der Waals surface area contributed by atoms with Crippen molar-refractivity contribution in [1.82, 2.24) is 14.3 Å². The van der Waals surface area contributed by atoms with Crippen molar-refractivity contribution in [2.24, 2.45) is 0 Å². The lowest BCUT2D eigenvalue weighted by Gasteiger charge is -2.22. The molecule has 0 aliphatic heterocycles. The number of carbonyl (C=O) groups is 1. The monoisotopic (exact) mass is 419 g/mol. The van der Waals surface area contributed by atoms with E-state index in [-0.39, 0.29) is 11.3 Å². The fourth-order valence-electron chi connectivity index (χ4n) is 3.14. The van der Waals surface area contributed by atoms with Crippen LogP contribution in [-0.4, -0.2) is 35.1 Å². The lowest BCUT2D eigenvalue weighted by Crippen LogP contribution is -2.39. The van der Waals surface area contributed by atoms with Crippen molar-refractivity contribution in [3.63, 3.8) is 0 Å². The average Bonchev–Trinajstić information content (AvgIpc) is 3.00. The minimum Gasteiger partial charge on any atom is -0.444 e. The van der Waals surface area contributed by atoms with Gasteiger partial charge in [-0.1, -0.05) is 23.8 Å². The molecule has 1 heterocycles. The van der Waals surface area contributed by atoms with Gasteiger partial charge in [-0.3, -0.25) is 0 Å². The minimum absolute atomic E-state index is 0.277. The van der Waals surface area contributed by atoms with E-state index < -0.39 is 27.8 Å². The molecule has 1 amide bonds. The predicted octanol–water partition coefficient (Wildman–Crippen LogP) is 3.67. The summed E-state index contributed by atoms with van der Waals surface area (Å²) in [6.07, 6.45) is 4.02. The quantitative estimate of drug-likeness (QED) is 0.722. The molecule has 1 N–H and O–H groups in total. The molecule has 1 aromatic heterocycles. The van der Waals surface area contributed by atoms with Gasteiger partial charge in [0.1, 0.15) is 11.9 Å². The Morgan fingerprint density at radius 2 is 1.86 bits per heavy atom. The highest BCUT2D eigenvalue weighted by Gasteiger charge is 2.23. The largest absolute Gasteiger partial charge is 0.444 e. The van der Waals surface area contributed by atoms with Gasteiger partial charge in [-0.05, 0) is 52.7 Å². The third-order valence-electron chi connectivity index (χ3n) is 4.17. The highest BCUT2D eigenvalue weighted by molar-refractivity contribution is 7.90. The summed E-state index contributed by atoms with van der Waals surface area (Å²) >= 11 is 0. The predicted molar refractivity (Wildman–Crippen MR) is 113 cm³/mol. The van der Waals surface area contributed by atoms with Crippen molar-refractivity contribution >= 4 is 16.1 Å². The summed E-state index contributed by atoms with van der Waals surface area (Å²) in [4.78, 5) is 16.4. The third kappa shape index (κ3) is 5.69. The maximum absolute atomic E-state index is 13.1. The lowest BCUT2D eigenvalue weighted by atomic mass is 10.1. The molecular formula is C21H29N3O4S. The SMILES string of the molecule is C=CC(Cc1cn(S(=O)(=O)c2c(C)cc(C)cc2C)cn1)NC(=O)OC(C)(C)C. The van der Waals surface area contributed by atoms with E-state index in [9.17, 15) is 13.2 Å². The van der Waals surface area contributed by atoms with Crippen LogP contribution in [0.4, 0.5) is 4.79 Å². The van der Waals surface area contributed by atoms with E-state index >= 15 is 0 Å². The number of alkyl carbamates (subject to hydrolysis) is 1. The van der Waals surface area contributed by atoms with Crippen LogP contribution in [0.2, 0.25) is 0 Å². The molecule has 1 aromatic carbocycles. The van der Waals surface area contributed by atoms with Crippen LogP contribution >= 0.6 is 0 Å².